The molecule has 4 nitrogen and oxygen atoms in total. The number of aliphatic carboxylic acids is 1. The second kappa shape index (κ2) is 7.44. The van der Waals surface area contributed by atoms with Crippen molar-refractivity contribution in [3.05, 3.63) is 35.9 Å². The largest absolute Gasteiger partial charge is 1.00 e. The first-order valence-electron chi connectivity index (χ1n) is 4.61. The fourth-order valence-electron chi connectivity index (χ4n) is 1.29. The molecule has 0 heterocycles. The Labute approximate surface area is 116 Å². The first kappa shape index (κ1) is 15.2. The third kappa shape index (κ3) is 5.30. The van der Waals surface area contributed by atoms with Crippen LogP contribution >= 0.6 is 0 Å². The molecule has 0 fully saturated rings. The number of hydrogen-bond acceptors (Lipinski definition) is 3. The summed E-state index contributed by atoms with van der Waals surface area (Å²) < 4.78 is 0. The van der Waals surface area contributed by atoms with E-state index in [2.05, 4.69) is 5.32 Å². The number of hydrogen-bond donors (Lipinski definition) is 1. The third-order valence-electron chi connectivity index (χ3n) is 1.94. The van der Waals surface area contributed by atoms with Gasteiger partial charge in [-0.25, -0.2) is 0 Å². The summed E-state index contributed by atoms with van der Waals surface area (Å²) in [6.07, 6.45) is 0.239. The Morgan fingerprint density at radius 2 is 1.88 bits per heavy atom. The van der Waals surface area contributed by atoms with Crippen LogP contribution < -0.4 is 40.0 Å². The minimum atomic E-state index is -1.27. The molecule has 0 spiro atoms. The number of nitrogens with one attached hydrogen (secondary N) is 1. The van der Waals surface area contributed by atoms with Crippen LogP contribution in [0.3, 0.4) is 0 Å². The minimum absolute atomic E-state index is 0. The molecule has 16 heavy (non-hydrogen) atoms. The number of carbonyl (C=O) groups is 2. The first-order valence-corrected chi connectivity index (χ1v) is 4.61. The van der Waals surface area contributed by atoms with Crippen LogP contribution in [0.15, 0.2) is 30.3 Å². The maximum absolute atomic E-state index is 10.7. The number of carboxylic acid groups (broad SMARTS) is 1. The average Bonchev–Trinajstić information content (AvgIpc) is 2.17. The first-order chi connectivity index (χ1) is 7.09. The number of benzene rings is 1. The Kier molecular flexibility index (Phi) is 7.05. The van der Waals surface area contributed by atoms with Crippen molar-refractivity contribution >= 4 is 11.9 Å². The van der Waals surface area contributed by atoms with Crippen molar-refractivity contribution in [2.24, 2.45) is 0 Å². The molecule has 0 unspecified atom stereocenters. The second-order valence-electron chi connectivity index (χ2n) is 3.26. The summed E-state index contributed by atoms with van der Waals surface area (Å²) >= 11 is 0. The Morgan fingerprint density at radius 1 is 1.31 bits per heavy atom. The summed E-state index contributed by atoms with van der Waals surface area (Å²) in [4.78, 5) is 21.5. The van der Waals surface area contributed by atoms with E-state index in [-0.39, 0.29) is 41.9 Å². The predicted molar refractivity (Wildman–Crippen MR) is 52.8 cm³/mol. The van der Waals surface area contributed by atoms with Crippen LogP contribution in [-0.4, -0.2) is 17.9 Å². The topological polar surface area (TPSA) is 69.2 Å². The molecule has 5 heteroatoms. The van der Waals surface area contributed by atoms with E-state index in [0.29, 0.717) is 0 Å². The summed E-state index contributed by atoms with van der Waals surface area (Å²) in [5, 5.41) is 13.0. The molecule has 0 saturated heterocycles. The molecule has 0 aromatic heterocycles. The Bertz CT molecular complexity index is 354. The van der Waals surface area contributed by atoms with Crippen LogP contribution in [0.25, 0.3) is 0 Å². The van der Waals surface area contributed by atoms with Gasteiger partial charge in [0.25, 0.3) is 0 Å². The normalized spacial score (nSPS) is 11.1. The van der Waals surface area contributed by atoms with Crippen molar-refractivity contribution in [1.29, 1.82) is 0 Å². The van der Waals surface area contributed by atoms with Gasteiger partial charge in [0.15, 0.2) is 0 Å². The fourth-order valence-corrected chi connectivity index (χ4v) is 1.29. The molecular formula is C11H12NNaO3. The van der Waals surface area contributed by atoms with Crippen LogP contribution in [0, 0.1) is 0 Å². The summed E-state index contributed by atoms with van der Waals surface area (Å²) in [6.45, 7) is 1.28. The second-order valence-corrected chi connectivity index (χ2v) is 3.26. The van der Waals surface area contributed by atoms with E-state index in [4.69, 9.17) is 0 Å². The van der Waals surface area contributed by atoms with Crippen molar-refractivity contribution in [3.8, 4) is 0 Å². The van der Waals surface area contributed by atoms with Gasteiger partial charge in [-0.05, 0) is 12.0 Å². The number of carboxylic acids is 1. The van der Waals surface area contributed by atoms with Gasteiger partial charge >= 0.3 is 29.6 Å². The van der Waals surface area contributed by atoms with E-state index >= 15 is 0 Å². The number of amides is 1. The average molecular weight is 229 g/mol. The maximum Gasteiger partial charge on any atom is 1.00 e. The summed E-state index contributed by atoms with van der Waals surface area (Å²) in [6, 6.07) is 8.11. The zero-order chi connectivity index (χ0) is 11.3. The van der Waals surface area contributed by atoms with Gasteiger partial charge in [0, 0.05) is 6.92 Å². The predicted octanol–water partition coefficient (Wildman–Crippen LogP) is -3.51. The van der Waals surface area contributed by atoms with Gasteiger partial charge in [0.2, 0.25) is 5.91 Å². The Morgan fingerprint density at radius 3 is 2.31 bits per heavy atom. The molecule has 1 atom stereocenters. The molecule has 1 amide bonds. The molecule has 1 rings (SSSR count). The molecule has 1 N–H and O–H groups in total. The van der Waals surface area contributed by atoms with Crippen molar-refractivity contribution in [2.75, 3.05) is 0 Å². The molecule has 1 aromatic rings. The van der Waals surface area contributed by atoms with Crippen LogP contribution in [0.4, 0.5) is 0 Å². The standard InChI is InChI=1S/C11H13NO3.Na/c1-8(13)12-10(11(14)15)7-9-5-3-2-4-6-9;/h2-6,10H,7H2,1H3,(H,12,13)(H,14,15);/q;+1/p-1/t10-;/m1./s1. The van der Waals surface area contributed by atoms with Crippen molar-refractivity contribution < 1.29 is 44.3 Å². The quantitative estimate of drug-likeness (QED) is 0.544. The van der Waals surface area contributed by atoms with E-state index in [1.54, 1.807) is 12.1 Å². The van der Waals surface area contributed by atoms with Crippen LogP contribution in [0.1, 0.15) is 12.5 Å². The van der Waals surface area contributed by atoms with Gasteiger partial charge in [-0.2, -0.15) is 0 Å². The van der Waals surface area contributed by atoms with Gasteiger partial charge in [0.1, 0.15) is 0 Å². The van der Waals surface area contributed by atoms with Gasteiger partial charge in [-0.1, -0.05) is 30.3 Å². The van der Waals surface area contributed by atoms with E-state index in [1.807, 2.05) is 18.2 Å². The van der Waals surface area contributed by atoms with E-state index in [1.165, 1.54) is 6.92 Å². The molecule has 0 aliphatic heterocycles. The minimum Gasteiger partial charge on any atom is -0.548 e. The SMILES string of the molecule is CC(=O)N[C@H](Cc1ccccc1)C(=O)[O-].[Na+]. The van der Waals surface area contributed by atoms with Crippen LogP contribution in [0.2, 0.25) is 0 Å². The van der Waals surface area contributed by atoms with Crippen molar-refractivity contribution in [2.45, 2.75) is 19.4 Å². The van der Waals surface area contributed by atoms with Crippen molar-refractivity contribution in [3.63, 3.8) is 0 Å². The van der Waals surface area contributed by atoms with Gasteiger partial charge in [-0.15, -0.1) is 0 Å². The Balaban J connectivity index is 0.00000225. The maximum atomic E-state index is 10.7. The molecule has 0 bridgehead atoms. The molecule has 1 aromatic carbocycles. The van der Waals surface area contributed by atoms with E-state index in [0.717, 1.165) is 5.56 Å². The van der Waals surface area contributed by atoms with E-state index in [9.17, 15) is 14.7 Å². The summed E-state index contributed by atoms with van der Waals surface area (Å²) in [5.74, 6) is -1.64. The number of carbonyl (C=O) groups excluding carboxylic acids is 2. The molecule has 0 aliphatic rings. The monoisotopic (exact) mass is 229 g/mol. The molecule has 0 aliphatic carbocycles. The van der Waals surface area contributed by atoms with Crippen LogP contribution in [-0.2, 0) is 16.0 Å². The molecule has 0 radical (unpaired) electrons. The number of rotatable bonds is 4. The van der Waals surface area contributed by atoms with E-state index < -0.39 is 12.0 Å². The van der Waals surface area contributed by atoms with Crippen molar-refractivity contribution in [1.82, 2.24) is 5.32 Å². The van der Waals surface area contributed by atoms with Gasteiger partial charge in [0.05, 0.1) is 12.0 Å². The smallest absolute Gasteiger partial charge is 0.548 e. The Hall–Kier alpha value is -0.840. The molecular weight excluding hydrogens is 217 g/mol. The zero-order valence-corrected chi connectivity index (χ0v) is 11.4. The zero-order valence-electron chi connectivity index (χ0n) is 9.40. The van der Waals surface area contributed by atoms with Gasteiger partial charge in [-0.3, -0.25) is 4.79 Å². The van der Waals surface area contributed by atoms with Crippen LogP contribution in [0.5, 0.6) is 0 Å². The summed E-state index contributed by atoms with van der Waals surface area (Å²) in [5.41, 5.74) is 0.848. The third-order valence-corrected chi connectivity index (χ3v) is 1.94. The molecule has 0 saturated carbocycles. The van der Waals surface area contributed by atoms with Gasteiger partial charge < -0.3 is 15.2 Å². The fraction of sp³-hybridized carbons (Fsp3) is 0.273. The molecule has 80 valence electrons. The summed E-state index contributed by atoms with van der Waals surface area (Å²) in [7, 11) is 0.